The van der Waals surface area contributed by atoms with Gasteiger partial charge in [-0.3, -0.25) is 9.69 Å². The highest BCUT2D eigenvalue weighted by atomic mass is 79.9. The van der Waals surface area contributed by atoms with E-state index in [1.165, 1.54) is 18.5 Å². The van der Waals surface area contributed by atoms with Crippen molar-refractivity contribution in [3.8, 4) is 11.4 Å². The summed E-state index contributed by atoms with van der Waals surface area (Å²) in [5, 5.41) is 7.27. The van der Waals surface area contributed by atoms with Crippen LogP contribution in [0.25, 0.3) is 11.4 Å². The molecule has 2 saturated heterocycles. The number of amides is 1. The molecule has 7 nitrogen and oxygen atoms in total. The first-order valence-electron chi connectivity index (χ1n) is 13.0. The molecule has 2 aliphatic rings. The van der Waals surface area contributed by atoms with Crippen LogP contribution in [0.2, 0.25) is 0 Å². The summed E-state index contributed by atoms with van der Waals surface area (Å²) in [4.78, 5) is 22.1. The van der Waals surface area contributed by atoms with Crippen molar-refractivity contribution in [2.45, 2.75) is 45.7 Å². The molecule has 8 heteroatoms. The van der Waals surface area contributed by atoms with Gasteiger partial charge >= 0.3 is 0 Å². The smallest absolute Gasteiger partial charge is 0.241 e. The second kappa shape index (κ2) is 11.6. The molecule has 1 aromatic heterocycles. The van der Waals surface area contributed by atoms with Crippen molar-refractivity contribution in [3.63, 3.8) is 0 Å². The SMILES string of the molecule is CC1CCCN(c2ccc(CNC(=O)C3CCN(Cc4nc(-c5ccc(Br)cc5)no4)CC3)cc2)C1. The van der Waals surface area contributed by atoms with Crippen molar-refractivity contribution in [2.75, 3.05) is 31.1 Å². The number of hydrogen-bond acceptors (Lipinski definition) is 6. The van der Waals surface area contributed by atoms with Crippen molar-refractivity contribution in [1.29, 1.82) is 0 Å². The Labute approximate surface area is 221 Å². The summed E-state index contributed by atoms with van der Waals surface area (Å²) in [5.74, 6) is 2.17. The number of hydrogen-bond donors (Lipinski definition) is 1. The molecule has 2 fully saturated rings. The number of rotatable bonds is 7. The summed E-state index contributed by atoms with van der Waals surface area (Å²) >= 11 is 3.44. The molecule has 3 aromatic rings. The molecule has 0 bridgehead atoms. The zero-order valence-corrected chi connectivity index (χ0v) is 22.4. The number of anilines is 1. The van der Waals surface area contributed by atoms with Crippen LogP contribution in [-0.4, -0.2) is 47.1 Å². The summed E-state index contributed by atoms with van der Waals surface area (Å²) in [6, 6.07) is 16.5. The van der Waals surface area contributed by atoms with E-state index in [9.17, 15) is 4.79 Å². The van der Waals surface area contributed by atoms with E-state index in [1.54, 1.807) is 0 Å². The Kier molecular flexibility index (Phi) is 8.02. The molecule has 1 amide bonds. The summed E-state index contributed by atoms with van der Waals surface area (Å²) in [6.45, 7) is 7.48. The van der Waals surface area contributed by atoms with Crippen LogP contribution in [0.1, 0.15) is 44.1 Å². The third-order valence-corrected chi connectivity index (χ3v) is 7.84. The highest BCUT2D eigenvalue weighted by Crippen LogP contribution is 2.24. The summed E-state index contributed by atoms with van der Waals surface area (Å²) in [6.07, 6.45) is 4.26. The number of piperidine rings is 2. The quantitative estimate of drug-likeness (QED) is 0.431. The lowest BCUT2D eigenvalue weighted by Crippen LogP contribution is -2.40. The first kappa shape index (κ1) is 25.0. The molecule has 1 atom stereocenters. The maximum Gasteiger partial charge on any atom is 0.241 e. The highest BCUT2D eigenvalue weighted by molar-refractivity contribution is 9.10. The Morgan fingerprint density at radius 3 is 2.53 bits per heavy atom. The fraction of sp³-hybridized carbons (Fsp3) is 0.464. The van der Waals surface area contributed by atoms with Gasteiger partial charge in [0.25, 0.3) is 0 Å². The largest absolute Gasteiger partial charge is 0.371 e. The molecular weight excluding hydrogens is 518 g/mol. The Bertz CT molecular complexity index is 1140. The monoisotopic (exact) mass is 551 g/mol. The van der Waals surface area contributed by atoms with E-state index in [2.05, 4.69) is 72.4 Å². The lowest BCUT2D eigenvalue weighted by molar-refractivity contribution is -0.126. The molecular formula is C28H34BrN5O2. The summed E-state index contributed by atoms with van der Waals surface area (Å²) < 4.78 is 6.49. The number of nitrogens with zero attached hydrogens (tertiary/aromatic N) is 4. The number of carbonyl (C=O) groups is 1. The Morgan fingerprint density at radius 2 is 1.81 bits per heavy atom. The van der Waals surface area contributed by atoms with E-state index in [4.69, 9.17) is 4.52 Å². The van der Waals surface area contributed by atoms with Gasteiger partial charge in [-0.1, -0.05) is 40.1 Å². The summed E-state index contributed by atoms with van der Waals surface area (Å²) in [5.41, 5.74) is 3.36. The zero-order chi connectivity index (χ0) is 24.9. The van der Waals surface area contributed by atoms with E-state index < -0.39 is 0 Å². The fourth-order valence-corrected chi connectivity index (χ4v) is 5.43. The van der Waals surface area contributed by atoms with Gasteiger partial charge in [0.1, 0.15) is 0 Å². The Hall–Kier alpha value is -2.71. The number of likely N-dealkylation sites (tertiary alicyclic amines) is 1. The van der Waals surface area contributed by atoms with E-state index in [0.29, 0.717) is 24.8 Å². The van der Waals surface area contributed by atoms with Gasteiger partial charge < -0.3 is 14.7 Å². The van der Waals surface area contributed by atoms with E-state index in [1.807, 2.05) is 24.3 Å². The maximum atomic E-state index is 12.8. The van der Waals surface area contributed by atoms with Gasteiger partial charge in [0, 0.05) is 41.3 Å². The summed E-state index contributed by atoms with van der Waals surface area (Å²) in [7, 11) is 0. The molecule has 1 N–H and O–H groups in total. The maximum absolute atomic E-state index is 12.8. The van der Waals surface area contributed by atoms with Gasteiger partial charge in [0.2, 0.25) is 17.6 Å². The lowest BCUT2D eigenvalue weighted by atomic mass is 9.96. The third-order valence-electron chi connectivity index (χ3n) is 7.31. The van der Waals surface area contributed by atoms with Crippen molar-refractivity contribution >= 4 is 27.5 Å². The lowest BCUT2D eigenvalue weighted by Gasteiger charge is -2.33. The van der Waals surface area contributed by atoms with Crippen LogP contribution in [0, 0.1) is 11.8 Å². The standard InChI is InChI=1S/C28H34BrN5O2/c1-20-3-2-14-34(18-20)25-10-4-21(5-11-25)17-30-28(35)23-12-15-33(16-13-23)19-26-31-27(32-36-26)22-6-8-24(29)9-7-22/h4-11,20,23H,2-3,12-19H2,1H3,(H,30,35). The fourth-order valence-electron chi connectivity index (χ4n) is 5.16. The second-order valence-electron chi connectivity index (χ2n) is 10.1. The van der Waals surface area contributed by atoms with Crippen LogP contribution >= 0.6 is 15.9 Å². The molecule has 36 heavy (non-hydrogen) atoms. The van der Waals surface area contributed by atoms with Gasteiger partial charge in [-0.15, -0.1) is 0 Å². The van der Waals surface area contributed by atoms with Crippen molar-refractivity contribution in [2.24, 2.45) is 11.8 Å². The number of halogens is 1. The van der Waals surface area contributed by atoms with Crippen molar-refractivity contribution < 1.29 is 9.32 Å². The van der Waals surface area contributed by atoms with Gasteiger partial charge in [0.15, 0.2) is 0 Å². The predicted molar refractivity (Wildman–Crippen MR) is 144 cm³/mol. The zero-order valence-electron chi connectivity index (χ0n) is 20.8. The third kappa shape index (κ3) is 6.34. The predicted octanol–water partition coefficient (Wildman–Crippen LogP) is 5.26. The molecule has 190 valence electrons. The van der Waals surface area contributed by atoms with Crippen LogP contribution in [0.15, 0.2) is 57.5 Å². The number of benzene rings is 2. The highest BCUT2D eigenvalue weighted by Gasteiger charge is 2.26. The number of carbonyl (C=O) groups excluding carboxylic acids is 1. The van der Waals surface area contributed by atoms with E-state index in [-0.39, 0.29) is 11.8 Å². The molecule has 0 radical (unpaired) electrons. The number of aromatic nitrogens is 2. The minimum Gasteiger partial charge on any atom is -0.371 e. The number of nitrogens with one attached hydrogen (secondary N) is 1. The van der Waals surface area contributed by atoms with Crippen molar-refractivity contribution in [3.05, 3.63) is 64.5 Å². The normalized spacial score (nSPS) is 19.4. The van der Waals surface area contributed by atoms with Crippen LogP contribution in [-0.2, 0) is 17.9 Å². The minimum atomic E-state index is 0.0522. The first-order valence-corrected chi connectivity index (χ1v) is 13.8. The minimum absolute atomic E-state index is 0.0522. The van der Waals surface area contributed by atoms with Crippen LogP contribution in [0.3, 0.4) is 0 Å². The first-order chi connectivity index (χ1) is 17.5. The Balaban J connectivity index is 1.05. The molecule has 5 rings (SSSR count). The van der Waals surface area contributed by atoms with Crippen molar-refractivity contribution in [1.82, 2.24) is 20.4 Å². The second-order valence-corrected chi connectivity index (χ2v) is 11.1. The van der Waals surface area contributed by atoms with Crippen LogP contribution in [0.5, 0.6) is 0 Å². The molecule has 0 saturated carbocycles. The topological polar surface area (TPSA) is 74.5 Å². The van der Waals surface area contributed by atoms with Gasteiger partial charge in [-0.05, 0) is 86.7 Å². The molecule has 1 unspecified atom stereocenters. The van der Waals surface area contributed by atoms with E-state index >= 15 is 0 Å². The van der Waals surface area contributed by atoms with Gasteiger partial charge in [-0.25, -0.2) is 0 Å². The molecule has 2 aliphatic heterocycles. The van der Waals surface area contributed by atoms with Crippen LogP contribution < -0.4 is 10.2 Å². The average Bonchev–Trinajstić information content (AvgIpc) is 3.37. The average molecular weight is 553 g/mol. The molecule has 2 aromatic carbocycles. The van der Waals surface area contributed by atoms with Crippen LogP contribution in [0.4, 0.5) is 5.69 Å². The van der Waals surface area contributed by atoms with Gasteiger partial charge in [-0.2, -0.15) is 4.98 Å². The Morgan fingerprint density at radius 1 is 1.06 bits per heavy atom. The molecule has 0 aliphatic carbocycles. The van der Waals surface area contributed by atoms with E-state index in [0.717, 1.165) is 60.5 Å². The molecule has 0 spiro atoms. The molecule has 3 heterocycles. The van der Waals surface area contributed by atoms with Gasteiger partial charge in [0.05, 0.1) is 6.54 Å².